The van der Waals surface area contributed by atoms with Crippen molar-refractivity contribution in [3.63, 3.8) is 0 Å². The monoisotopic (exact) mass is 884 g/mol. The Balaban J connectivity index is 1.15. The number of halogens is 1. The molecular formula is C46H53ClN6O8S. The number of amides is 4. The van der Waals surface area contributed by atoms with Crippen molar-refractivity contribution in [1.29, 1.82) is 0 Å². The standard InChI is InChI=1S/C46H53ClN6O8S/c1-8-28-24-46(28,43(57)52-62(58,59)33-19-20-33)51-40(55)36-23-32(61-41-35-22-30(47)16-21-34(35)37(60-7)25-48-41)26-53(36)42(56)38(44(2,3)4)49-31-17-14-27(15-18-31)39(54)50-45(5,6)29-12-10-9-11-13-29/h8-18,21-22,25,28,32-33,36,38,49H,1,19-20,23-24,26H2,2-7H3,(H,50,54)(H,51,55)(H,52,57)/t28-,32-,36+,38+,46-/m1/s1. The van der Waals surface area contributed by atoms with Crippen LogP contribution in [-0.2, 0) is 29.9 Å². The molecule has 62 heavy (non-hydrogen) atoms. The van der Waals surface area contributed by atoms with Crippen LogP contribution >= 0.6 is 11.6 Å². The average Bonchev–Trinajstić information content (AvgIpc) is 4.16. The topological polar surface area (TPSA) is 185 Å². The van der Waals surface area contributed by atoms with Crippen LogP contribution in [0.1, 0.15) is 76.2 Å². The van der Waals surface area contributed by atoms with Crippen molar-refractivity contribution in [2.24, 2.45) is 11.3 Å². The van der Waals surface area contributed by atoms with E-state index >= 15 is 0 Å². The predicted octanol–water partition coefficient (Wildman–Crippen LogP) is 6.11. The largest absolute Gasteiger partial charge is 0.494 e. The van der Waals surface area contributed by atoms with Gasteiger partial charge in [-0.3, -0.25) is 23.9 Å². The van der Waals surface area contributed by atoms with Gasteiger partial charge in [0.25, 0.3) is 11.8 Å². The number of hydrogen-bond acceptors (Lipinski definition) is 10. The Labute approximate surface area is 367 Å². The third kappa shape index (κ3) is 9.24. The number of ether oxygens (including phenoxy) is 2. The van der Waals surface area contributed by atoms with Gasteiger partial charge in [0, 0.05) is 39.4 Å². The van der Waals surface area contributed by atoms with Crippen LogP contribution in [-0.4, -0.2) is 84.6 Å². The van der Waals surface area contributed by atoms with Crippen LogP contribution in [0.2, 0.25) is 5.02 Å². The number of carbonyl (C=O) groups is 4. The summed E-state index contributed by atoms with van der Waals surface area (Å²) in [5.41, 5.74) is -0.959. The molecule has 1 saturated heterocycles. The van der Waals surface area contributed by atoms with Gasteiger partial charge in [-0.2, -0.15) is 0 Å². The zero-order valence-corrected chi connectivity index (χ0v) is 37.2. The molecule has 3 aromatic carbocycles. The van der Waals surface area contributed by atoms with Crippen LogP contribution in [0.3, 0.4) is 0 Å². The highest BCUT2D eigenvalue weighted by Crippen LogP contribution is 2.46. The first-order valence-corrected chi connectivity index (χ1v) is 22.5. The Kier molecular flexibility index (Phi) is 12.1. The molecule has 3 fully saturated rings. The number of benzene rings is 3. The maximum Gasteiger partial charge on any atom is 0.259 e. The summed E-state index contributed by atoms with van der Waals surface area (Å²) in [6, 6.07) is 19.6. The fraction of sp³-hybridized carbons (Fsp3) is 0.413. The maximum absolute atomic E-state index is 15.0. The molecule has 2 heterocycles. The van der Waals surface area contributed by atoms with Crippen LogP contribution in [0.15, 0.2) is 91.6 Å². The molecular weight excluding hydrogens is 832 g/mol. The number of fused-ring (bicyclic) bond motifs is 1. The van der Waals surface area contributed by atoms with E-state index in [1.54, 1.807) is 42.5 Å². The smallest absolute Gasteiger partial charge is 0.259 e. The van der Waals surface area contributed by atoms with Gasteiger partial charge in [-0.15, -0.1) is 6.58 Å². The number of carbonyl (C=O) groups excluding carboxylic acids is 4. The number of sulfonamides is 1. The summed E-state index contributed by atoms with van der Waals surface area (Å²) in [4.78, 5) is 62.4. The molecule has 7 rings (SSSR count). The first kappa shape index (κ1) is 44.4. The maximum atomic E-state index is 15.0. The minimum absolute atomic E-state index is 0.0180. The Morgan fingerprint density at radius 1 is 0.984 bits per heavy atom. The number of aromatic nitrogens is 1. The highest BCUT2D eigenvalue weighted by atomic mass is 35.5. The van der Waals surface area contributed by atoms with Crippen molar-refractivity contribution in [1.82, 2.24) is 25.2 Å². The third-order valence-corrected chi connectivity index (χ3v) is 13.9. The second-order valence-electron chi connectivity index (χ2n) is 18.0. The van der Waals surface area contributed by atoms with Crippen molar-refractivity contribution in [3.8, 4) is 11.6 Å². The summed E-state index contributed by atoms with van der Waals surface area (Å²) in [5, 5.41) is 10.3. The first-order chi connectivity index (χ1) is 29.3. The molecule has 4 amide bonds. The van der Waals surface area contributed by atoms with Gasteiger partial charge >= 0.3 is 0 Å². The number of nitrogens with one attached hydrogen (secondary N) is 4. The highest BCUT2D eigenvalue weighted by Gasteiger charge is 2.62. The van der Waals surface area contributed by atoms with Gasteiger partial charge in [-0.25, -0.2) is 13.4 Å². The van der Waals surface area contributed by atoms with Gasteiger partial charge in [0.15, 0.2) is 0 Å². The quantitative estimate of drug-likeness (QED) is 0.102. The Hall–Kier alpha value is -5.67. The lowest BCUT2D eigenvalue weighted by Gasteiger charge is -2.36. The number of anilines is 1. The van der Waals surface area contributed by atoms with E-state index in [4.69, 9.17) is 21.1 Å². The highest BCUT2D eigenvalue weighted by molar-refractivity contribution is 7.91. The Bertz CT molecular complexity index is 2510. The molecule has 5 atom stereocenters. The van der Waals surface area contributed by atoms with Crippen molar-refractivity contribution in [2.45, 2.75) is 94.8 Å². The molecule has 2 saturated carbocycles. The summed E-state index contributed by atoms with van der Waals surface area (Å²) in [5.74, 6) is -1.98. The van der Waals surface area contributed by atoms with E-state index in [9.17, 15) is 27.6 Å². The van der Waals surface area contributed by atoms with Gasteiger partial charge in [-0.05, 0) is 86.6 Å². The van der Waals surface area contributed by atoms with Gasteiger partial charge in [-0.1, -0.05) is 68.8 Å². The van der Waals surface area contributed by atoms with E-state index in [1.807, 2.05) is 65.0 Å². The molecule has 0 spiro atoms. The molecule has 16 heteroatoms. The van der Waals surface area contributed by atoms with E-state index in [2.05, 4.69) is 32.2 Å². The van der Waals surface area contributed by atoms with E-state index in [1.165, 1.54) is 24.3 Å². The second-order valence-corrected chi connectivity index (χ2v) is 20.3. The predicted molar refractivity (Wildman–Crippen MR) is 237 cm³/mol. The number of rotatable bonds is 15. The minimum atomic E-state index is -3.92. The fourth-order valence-corrected chi connectivity index (χ4v) is 9.49. The number of hydrogen-bond donors (Lipinski definition) is 4. The first-order valence-electron chi connectivity index (χ1n) is 20.6. The molecule has 0 bridgehead atoms. The molecule has 14 nitrogen and oxygen atoms in total. The number of likely N-dealkylation sites (tertiary alicyclic amines) is 1. The zero-order chi connectivity index (χ0) is 44.8. The van der Waals surface area contributed by atoms with E-state index in [0.717, 1.165) is 5.56 Å². The Morgan fingerprint density at radius 3 is 2.29 bits per heavy atom. The van der Waals surface area contributed by atoms with Gasteiger partial charge < -0.3 is 30.3 Å². The molecule has 0 unspecified atom stereocenters. The fourth-order valence-electron chi connectivity index (χ4n) is 7.96. The lowest BCUT2D eigenvalue weighted by atomic mass is 9.85. The molecule has 1 aliphatic heterocycles. The minimum Gasteiger partial charge on any atom is -0.494 e. The van der Waals surface area contributed by atoms with Crippen molar-refractivity contribution < 1.29 is 37.1 Å². The molecule has 1 aromatic heterocycles. The molecule has 4 N–H and O–H groups in total. The summed E-state index contributed by atoms with van der Waals surface area (Å²) in [7, 11) is -2.39. The lowest BCUT2D eigenvalue weighted by molar-refractivity contribution is -0.141. The molecule has 4 aromatic rings. The van der Waals surface area contributed by atoms with Crippen LogP contribution in [0.5, 0.6) is 11.6 Å². The average molecular weight is 885 g/mol. The van der Waals surface area contributed by atoms with Crippen molar-refractivity contribution in [2.75, 3.05) is 19.0 Å². The number of methoxy groups -OCH3 is 1. The normalized spacial score (nSPS) is 21.7. The third-order valence-electron chi connectivity index (χ3n) is 11.9. The van der Waals surface area contributed by atoms with Crippen LogP contribution in [0.4, 0.5) is 5.69 Å². The van der Waals surface area contributed by atoms with Crippen molar-refractivity contribution >= 4 is 61.7 Å². The van der Waals surface area contributed by atoms with Crippen LogP contribution < -0.4 is 30.1 Å². The Morgan fingerprint density at radius 2 is 1.68 bits per heavy atom. The lowest BCUT2D eigenvalue weighted by Crippen LogP contribution is -2.58. The molecule has 2 aliphatic carbocycles. The van der Waals surface area contributed by atoms with Crippen molar-refractivity contribution in [3.05, 3.63) is 108 Å². The molecule has 0 radical (unpaired) electrons. The zero-order valence-electron chi connectivity index (χ0n) is 35.7. The SMILES string of the molecule is C=C[C@@H]1C[C@]1(NC(=O)[C@@H]1C[C@@H](Oc2ncc(OC)c3ccc(Cl)cc23)CN1C(=O)[C@H](Nc1ccc(C(=O)NC(C)(C)c2ccccc2)cc1)C(C)(C)C)C(=O)NS(=O)(=O)C1CC1. The van der Waals surface area contributed by atoms with Crippen LogP contribution in [0, 0.1) is 11.3 Å². The van der Waals surface area contributed by atoms with Gasteiger partial charge in [0.2, 0.25) is 27.7 Å². The molecule has 3 aliphatic rings. The summed E-state index contributed by atoms with van der Waals surface area (Å²) < 4.78 is 39.8. The van der Waals surface area contributed by atoms with Crippen LogP contribution in [0.25, 0.3) is 10.8 Å². The molecule has 328 valence electrons. The van der Waals surface area contributed by atoms with Gasteiger partial charge in [0.1, 0.15) is 29.5 Å². The van der Waals surface area contributed by atoms with E-state index in [0.29, 0.717) is 45.6 Å². The summed E-state index contributed by atoms with van der Waals surface area (Å²) in [6.45, 7) is 13.3. The summed E-state index contributed by atoms with van der Waals surface area (Å²) in [6.07, 6.45) is 3.35. The van der Waals surface area contributed by atoms with E-state index in [-0.39, 0.29) is 31.2 Å². The second kappa shape index (κ2) is 16.9. The van der Waals surface area contributed by atoms with Gasteiger partial charge in [0.05, 0.1) is 30.6 Å². The van der Waals surface area contributed by atoms with E-state index < -0.39 is 73.6 Å². The number of pyridine rings is 1. The summed E-state index contributed by atoms with van der Waals surface area (Å²) >= 11 is 6.39. The number of nitrogens with zero attached hydrogens (tertiary/aromatic N) is 2.